The van der Waals surface area contributed by atoms with E-state index in [1.54, 1.807) is 36.4 Å². The first kappa shape index (κ1) is 17.3. The molecule has 0 aliphatic carbocycles. The van der Waals surface area contributed by atoms with Crippen LogP contribution in [-0.2, 0) is 0 Å². The second-order valence-corrected chi connectivity index (χ2v) is 6.24. The van der Waals surface area contributed by atoms with E-state index in [4.69, 9.17) is 4.74 Å². The minimum atomic E-state index is -0.404. The number of hydrogen-bond acceptors (Lipinski definition) is 3. The molecule has 0 aliphatic rings. The van der Waals surface area contributed by atoms with Gasteiger partial charge in [0, 0.05) is 9.13 Å². The van der Waals surface area contributed by atoms with Crippen molar-refractivity contribution in [2.75, 3.05) is 0 Å². The second kappa shape index (κ2) is 7.96. The molecule has 120 valence electrons. The minimum Gasteiger partial charge on any atom is -0.491 e. The second-order valence-electron chi connectivity index (χ2n) is 5.08. The van der Waals surface area contributed by atoms with E-state index in [-0.39, 0.29) is 12.0 Å². The first-order valence-electron chi connectivity index (χ1n) is 7.09. The Morgan fingerprint density at radius 2 is 1.70 bits per heavy atom. The monoisotopic (exact) mass is 424 g/mol. The Morgan fingerprint density at radius 3 is 2.39 bits per heavy atom. The molecule has 0 aromatic heterocycles. The molecule has 0 unspecified atom stereocenters. The van der Waals surface area contributed by atoms with Crippen LogP contribution in [0.1, 0.15) is 34.6 Å². The first-order chi connectivity index (χ1) is 11.0. The lowest BCUT2D eigenvalue weighted by Gasteiger charge is -2.11. The lowest BCUT2D eigenvalue weighted by molar-refractivity contribution is 0.0846. The maximum atomic E-state index is 12.1. The van der Waals surface area contributed by atoms with Gasteiger partial charge in [-0.25, -0.2) is 0 Å². The summed E-state index contributed by atoms with van der Waals surface area (Å²) in [6.45, 7) is 3.82. The van der Waals surface area contributed by atoms with Crippen molar-refractivity contribution in [3.05, 3.63) is 63.2 Å². The molecule has 0 aliphatic heterocycles. The molecule has 2 aromatic rings. The van der Waals surface area contributed by atoms with E-state index in [1.165, 1.54) is 0 Å². The summed E-state index contributed by atoms with van der Waals surface area (Å²) in [4.78, 5) is 24.2. The van der Waals surface area contributed by atoms with Crippen LogP contribution in [0.2, 0.25) is 0 Å². The molecule has 6 heteroatoms. The molecule has 23 heavy (non-hydrogen) atoms. The average Bonchev–Trinajstić information content (AvgIpc) is 2.52. The fourth-order valence-corrected chi connectivity index (χ4v) is 2.51. The molecule has 2 rings (SSSR count). The van der Waals surface area contributed by atoms with Gasteiger partial charge in [-0.1, -0.05) is 18.2 Å². The molecular weight excluding hydrogens is 407 g/mol. The predicted octanol–water partition coefficient (Wildman–Crippen LogP) is 3.15. The summed E-state index contributed by atoms with van der Waals surface area (Å²) in [5, 5.41) is 0. The SMILES string of the molecule is CC(C)Oc1cccc(C(=O)NNC(=O)c2ccccc2I)c1. The molecule has 2 amide bonds. The number of benzene rings is 2. The molecule has 0 heterocycles. The molecule has 0 saturated carbocycles. The van der Waals surface area contributed by atoms with Gasteiger partial charge in [0.15, 0.2) is 0 Å². The number of hydrazine groups is 1. The molecule has 0 fully saturated rings. The summed E-state index contributed by atoms with van der Waals surface area (Å²) in [6.07, 6.45) is 0.0215. The lowest BCUT2D eigenvalue weighted by atomic mass is 10.2. The highest BCUT2D eigenvalue weighted by Crippen LogP contribution is 2.15. The van der Waals surface area contributed by atoms with Crippen LogP contribution in [0.5, 0.6) is 5.75 Å². The van der Waals surface area contributed by atoms with Gasteiger partial charge in [-0.3, -0.25) is 20.4 Å². The topological polar surface area (TPSA) is 67.4 Å². The third-order valence-electron chi connectivity index (χ3n) is 2.88. The number of hydrogen-bond donors (Lipinski definition) is 2. The van der Waals surface area contributed by atoms with Crippen molar-refractivity contribution in [3.63, 3.8) is 0 Å². The van der Waals surface area contributed by atoms with Gasteiger partial charge in [0.2, 0.25) is 0 Å². The number of rotatable bonds is 4. The highest BCUT2D eigenvalue weighted by Gasteiger charge is 2.12. The Labute approximate surface area is 148 Å². The van der Waals surface area contributed by atoms with Crippen LogP contribution < -0.4 is 15.6 Å². The minimum absolute atomic E-state index is 0.0215. The third-order valence-corrected chi connectivity index (χ3v) is 3.82. The zero-order valence-electron chi connectivity index (χ0n) is 12.8. The van der Waals surface area contributed by atoms with E-state index in [9.17, 15) is 9.59 Å². The Hall–Kier alpha value is -2.09. The summed E-state index contributed by atoms with van der Waals surface area (Å²) in [6, 6.07) is 13.9. The van der Waals surface area contributed by atoms with Crippen molar-refractivity contribution in [2.24, 2.45) is 0 Å². The standard InChI is InChI=1S/C17H17IN2O3/c1-11(2)23-13-7-5-6-12(10-13)16(21)19-20-17(22)14-8-3-4-9-15(14)18/h3-11H,1-2H3,(H,19,21)(H,20,22). The van der Waals surface area contributed by atoms with Crippen LogP contribution in [0.15, 0.2) is 48.5 Å². The summed E-state index contributed by atoms with van der Waals surface area (Å²) < 4.78 is 6.36. The van der Waals surface area contributed by atoms with Gasteiger partial charge in [0.05, 0.1) is 11.7 Å². The number of carbonyl (C=O) groups excluding carboxylic acids is 2. The van der Waals surface area contributed by atoms with Crippen molar-refractivity contribution in [3.8, 4) is 5.75 Å². The highest BCUT2D eigenvalue weighted by atomic mass is 127. The summed E-state index contributed by atoms with van der Waals surface area (Å²) >= 11 is 2.07. The van der Waals surface area contributed by atoms with Crippen molar-refractivity contribution in [1.29, 1.82) is 0 Å². The van der Waals surface area contributed by atoms with Crippen molar-refractivity contribution >= 4 is 34.4 Å². The quantitative estimate of drug-likeness (QED) is 0.586. The van der Waals surface area contributed by atoms with Crippen LogP contribution in [0.25, 0.3) is 0 Å². The summed E-state index contributed by atoms with van der Waals surface area (Å²) in [5.41, 5.74) is 5.74. The van der Waals surface area contributed by atoms with Gasteiger partial charge in [0.25, 0.3) is 11.8 Å². The zero-order chi connectivity index (χ0) is 16.8. The molecule has 2 aromatic carbocycles. The Kier molecular flexibility index (Phi) is 5.97. The van der Waals surface area contributed by atoms with E-state index >= 15 is 0 Å². The van der Waals surface area contributed by atoms with Gasteiger partial charge in [-0.05, 0) is 66.8 Å². The Morgan fingerprint density at radius 1 is 1.00 bits per heavy atom. The van der Waals surface area contributed by atoms with Gasteiger partial charge < -0.3 is 4.74 Å². The number of nitrogens with one attached hydrogen (secondary N) is 2. The van der Waals surface area contributed by atoms with Crippen molar-refractivity contribution in [2.45, 2.75) is 20.0 Å². The molecule has 0 atom stereocenters. The number of ether oxygens (including phenoxy) is 1. The van der Waals surface area contributed by atoms with Crippen LogP contribution in [-0.4, -0.2) is 17.9 Å². The Balaban J connectivity index is 2.00. The van der Waals surface area contributed by atoms with Crippen LogP contribution in [0, 0.1) is 3.57 Å². The molecule has 0 spiro atoms. The van der Waals surface area contributed by atoms with E-state index in [0.29, 0.717) is 16.9 Å². The number of halogens is 1. The van der Waals surface area contributed by atoms with Gasteiger partial charge >= 0.3 is 0 Å². The molecule has 0 bridgehead atoms. The van der Waals surface area contributed by atoms with Crippen LogP contribution in [0.4, 0.5) is 0 Å². The van der Waals surface area contributed by atoms with E-state index < -0.39 is 5.91 Å². The fraction of sp³-hybridized carbons (Fsp3) is 0.176. The third kappa shape index (κ3) is 4.95. The normalized spacial score (nSPS) is 10.3. The largest absolute Gasteiger partial charge is 0.491 e. The number of carbonyl (C=O) groups is 2. The Bertz CT molecular complexity index is 716. The van der Waals surface area contributed by atoms with Crippen LogP contribution >= 0.6 is 22.6 Å². The van der Waals surface area contributed by atoms with Crippen molar-refractivity contribution in [1.82, 2.24) is 10.9 Å². The van der Waals surface area contributed by atoms with E-state index in [1.807, 2.05) is 26.0 Å². The lowest BCUT2D eigenvalue weighted by Crippen LogP contribution is -2.41. The van der Waals surface area contributed by atoms with E-state index in [0.717, 1.165) is 3.57 Å². The predicted molar refractivity (Wildman–Crippen MR) is 96.3 cm³/mol. The first-order valence-corrected chi connectivity index (χ1v) is 8.17. The fourth-order valence-electron chi connectivity index (χ4n) is 1.88. The van der Waals surface area contributed by atoms with Crippen LogP contribution in [0.3, 0.4) is 0 Å². The summed E-state index contributed by atoms with van der Waals surface area (Å²) in [7, 11) is 0. The molecule has 0 saturated heterocycles. The van der Waals surface area contributed by atoms with Crippen molar-refractivity contribution < 1.29 is 14.3 Å². The zero-order valence-corrected chi connectivity index (χ0v) is 15.0. The smallest absolute Gasteiger partial charge is 0.270 e. The highest BCUT2D eigenvalue weighted by molar-refractivity contribution is 14.1. The van der Waals surface area contributed by atoms with Gasteiger partial charge in [0.1, 0.15) is 5.75 Å². The molecule has 2 N–H and O–H groups in total. The summed E-state index contributed by atoms with van der Waals surface area (Å²) in [5.74, 6) is -0.159. The molecule has 0 radical (unpaired) electrons. The maximum Gasteiger partial charge on any atom is 0.270 e. The van der Waals surface area contributed by atoms with Gasteiger partial charge in [-0.2, -0.15) is 0 Å². The van der Waals surface area contributed by atoms with Gasteiger partial charge in [-0.15, -0.1) is 0 Å². The average molecular weight is 424 g/mol. The number of amides is 2. The molecule has 5 nitrogen and oxygen atoms in total. The van der Waals surface area contributed by atoms with E-state index in [2.05, 4.69) is 33.4 Å². The maximum absolute atomic E-state index is 12.1. The molecular formula is C17H17IN2O3.